The quantitative estimate of drug-likeness (QED) is 0.756. The first-order valence-corrected chi connectivity index (χ1v) is 5.97. The molecule has 1 N–H and O–H groups in total. The number of piperidine rings is 1. The highest BCUT2D eigenvalue weighted by atomic mass is 16.6. The Bertz CT molecular complexity index is 411. The first kappa shape index (κ1) is 12.9. The molecule has 6 heteroatoms. The number of nitrogens with zero attached hydrogens (tertiary/aromatic N) is 1. The number of carboxylic acid groups (broad SMARTS) is 1. The van der Waals surface area contributed by atoms with Gasteiger partial charge in [-0.2, -0.15) is 0 Å². The molecule has 0 aromatic heterocycles. The summed E-state index contributed by atoms with van der Waals surface area (Å²) in [6, 6.07) is -1.55. The minimum Gasteiger partial charge on any atom is -0.480 e. The van der Waals surface area contributed by atoms with Gasteiger partial charge in [0.05, 0.1) is 6.04 Å². The van der Waals surface area contributed by atoms with E-state index in [1.165, 1.54) is 0 Å². The van der Waals surface area contributed by atoms with Gasteiger partial charge in [0.15, 0.2) is 5.78 Å². The summed E-state index contributed by atoms with van der Waals surface area (Å²) in [5.74, 6) is -1.41. The van der Waals surface area contributed by atoms with Crippen molar-refractivity contribution in [2.75, 3.05) is 0 Å². The van der Waals surface area contributed by atoms with E-state index in [0.29, 0.717) is 6.42 Å². The Labute approximate surface area is 105 Å². The summed E-state index contributed by atoms with van der Waals surface area (Å²) in [6.45, 7) is 5.12. The smallest absolute Gasteiger partial charge is 0.411 e. The summed E-state index contributed by atoms with van der Waals surface area (Å²) in [5.41, 5.74) is -0.703. The van der Waals surface area contributed by atoms with Crippen LogP contribution in [0.2, 0.25) is 0 Å². The molecule has 0 radical (unpaired) electrons. The van der Waals surface area contributed by atoms with Crippen molar-refractivity contribution in [1.29, 1.82) is 0 Å². The van der Waals surface area contributed by atoms with E-state index in [2.05, 4.69) is 0 Å². The number of fused-ring (bicyclic) bond motifs is 2. The Morgan fingerprint density at radius 3 is 2.50 bits per heavy atom. The highest BCUT2D eigenvalue weighted by Gasteiger charge is 2.56. The average Bonchev–Trinajstić information content (AvgIpc) is 2.69. The number of amides is 1. The lowest BCUT2D eigenvalue weighted by Crippen LogP contribution is -2.53. The first-order chi connectivity index (χ1) is 8.20. The van der Waals surface area contributed by atoms with Crippen LogP contribution in [-0.4, -0.2) is 45.5 Å². The van der Waals surface area contributed by atoms with Crippen LogP contribution in [0.4, 0.5) is 4.79 Å². The molecule has 1 aliphatic heterocycles. The van der Waals surface area contributed by atoms with E-state index in [1.54, 1.807) is 20.8 Å². The molecule has 1 saturated heterocycles. The average molecular weight is 255 g/mol. The molecule has 2 bridgehead atoms. The summed E-state index contributed by atoms with van der Waals surface area (Å²) in [7, 11) is 0. The third-order valence-corrected chi connectivity index (χ3v) is 3.30. The van der Waals surface area contributed by atoms with E-state index in [-0.39, 0.29) is 18.1 Å². The molecule has 0 spiro atoms. The SMILES string of the molecule is CC(C)(C)OC(=O)N1[C@H](C(=O)O)[C@H]2CC(=O)[C@@H]1C2. The Kier molecular flexibility index (Phi) is 2.83. The van der Waals surface area contributed by atoms with Gasteiger partial charge in [0.1, 0.15) is 11.6 Å². The third-order valence-electron chi connectivity index (χ3n) is 3.30. The number of aliphatic carboxylic acids is 1. The van der Waals surface area contributed by atoms with Gasteiger partial charge >= 0.3 is 12.1 Å². The maximum absolute atomic E-state index is 12.0. The second kappa shape index (κ2) is 3.96. The van der Waals surface area contributed by atoms with Gasteiger partial charge in [-0.05, 0) is 33.1 Å². The van der Waals surface area contributed by atoms with Crippen LogP contribution in [0.5, 0.6) is 0 Å². The molecule has 3 atom stereocenters. The van der Waals surface area contributed by atoms with E-state index in [4.69, 9.17) is 4.74 Å². The van der Waals surface area contributed by atoms with Crippen molar-refractivity contribution in [1.82, 2.24) is 4.90 Å². The molecule has 0 aromatic rings. The summed E-state index contributed by atoms with van der Waals surface area (Å²) >= 11 is 0. The third kappa shape index (κ3) is 2.07. The molecular formula is C12H17NO5. The van der Waals surface area contributed by atoms with Crippen molar-refractivity contribution >= 4 is 17.8 Å². The standard InChI is InChI=1S/C12H17NO5/c1-12(2,3)18-11(17)13-7-4-6(5-8(7)14)9(13)10(15)16/h6-7,9H,4-5H2,1-3H3,(H,15,16)/t6-,7+,9+/m1/s1. The van der Waals surface area contributed by atoms with Crippen LogP contribution in [0.1, 0.15) is 33.6 Å². The number of ketones is 1. The predicted octanol–water partition coefficient (Wildman–Crippen LogP) is 1.04. The zero-order valence-corrected chi connectivity index (χ0v) is 10.7. The van der Waals surface area contributed by atoms with Gasteiger partial charge in [-0.3, -0.25) is 9.69 Å². The number of likely N-dealkylation sites (tertiary alicyclic amines) is 1. The summed E-state index contributed by atoms with van der Waals surface area (Å²) in [6.07, 6.45) is -0.0221. The van der Waals surface area contributed by atoms with Gasteiger partial charge in [-0.25, -0.2) is 9.59 Å². The minimum absolute atomic E-state index is 0.0663. The molecule has 0 aromatic carbocycles. The number of hydrogen-bond acceptors (Lipinski definition) is 4. The largest absolute Gasteiger partial charge is 0.480 e. The Morgan fingerprint density at radius 1 is 1.39 bits per heavy atom. The van der Waals surface area contributed by atoms with E-state index in [9.17, 15) is 19.5 Å². The maximum Gasteiger partial charge on any atom is 0.411 e. The van der Waals surface area contributed by atoms with Gasteiger partial charge < -0.3 is 9.84 Å². The Hall–Kier alpha value is -1.59. The molecule has 1 aliphatic carbocycles. The van der Waals surface area contributed by atoms with Crippen LogP contribution in [0, 0.1) is 5.92 Å². The fraction of sp³-hybridized carbons (Fsp3) is 0.750. The Balaban J connectivity index is 2.21. The van der Waals surface area contributed by atoms with Crippen LogP contribution >= 0.6 is 0 Å². The molecule has 18 heavy (non-hydrogen) atoms. The number of carboxylic acids is 1. The number of ether oxygens (including phenoxy) is 1. The van der Waals surface area contributed by atoms with Crippen LogP contribution in [-0.2, 0) is 14.3 Å². The molecule has 1 saturated carbocycles. The van der Waals surface area contributed by atoms with Crippen molar-refractivity contribution in [2.45, 2.75) is 51.3 Å². The minimum atomic E-state index is -1.07. The summed E-state index contributed by atoms with van der Waals surface area (Å²) in [5, 5.41) is 9.18. The molecule has 2 aliphatic rings. The zero-order chi connectivity index (χ0) is 13.7. The molecule has 2 fully saturated rings. The van der Waals surface area contributed by atoms with Crippen LogP contribution in [0.15, 0.2) is 0 Å². The van der Waals surface area contributed by atoms with E-state index >= 15 is 0 Å². The van der Waals surface area contributed by atoms with E-state index < -0.39 is 29.7 Å². The molecule has 0 unspecified atom stereocenters. The molecule has 1 amide bonds. The summed E-state index contributed by atoms with van der Waals surface area (Å²) < 4.78 is 5.17. The van der Waals surface area contributed by atoms with E-state index in [1.807, 2.05) is 0 Å². The fourth-order valence-corrected chi connectivity index (χ4v) is 2.70. The van der Waals surface area contributed by atoms with Gasteiger partial charge in [-0.15, -0.1) is 0 Å². The molecule has 100 valence electrons. The molecular weight excluding hydrogens is 238 g/mol. The number of rotatable bonds is 1. The molecule has 6 nitrogen and oxygen atoms in total. The highest BCUT2D eigenvalue weighted by Crippen LogP contribution is 2.41. The maximum atomic E-state index is 12.0. The number of carbonyl (C=O) groups is 3. The van der Waals surface area contributed by atoms with Crippen LogP contribution in [0.3, 0.4) is 0 Å². The van der Waals surface area contributed by atoms with Gasteiger partial charge in [0.2, 0.25) is 0 Å². The van der Waals surface area contributed by atoms with Crippen molar-refractivity contribution in [3.05, 3.63) is 0 Å². The van der Waals surface area contributed by atoms with Gasteiger partial charge in [0.25, 0.3) is 0 Å². The lowest BCUT2D eigenvalue weighted by Gasteiger charge is -2.33. The number of hydrogen-bond donors (Lipinski definition) is 1. The lowest BCUT2D eigenvalue weighted by molar-refractivity contribution is -0.146. The van der Waals surface area contributed by atoms with Crippen LogP contribution in [0.25, 0.3) is 0 Å². The number of Topliss-reactive ketones (excluding diaryl/α,β-unsaturated/α-hetero) is 1. The van der Waals surface area contributed by atoms with Crippen molar-refractivity contribution < 1.29 is 24.2 Å². The summed E-state index contributed by atoms with van der Waals surface area (Å²) in [4.78, 5) is 36.0. The van der Waals surface area contributed by atoms with Crippen molar-refractivity contribution in [3.8, 4) is 0 Å². The lowest BCUT2D eigenvalue weighted by atomic mass is 9.99. The second-order valence-electron chi connectivity index (χ2n) is 5.85. The van der Waals surface area contributed by atoms with Crippen LogP contribution < -0.4 is 0 Å². The normalized spacial score (nSPS) is 30.7. The van der Waals surface area contributed by atoms with Gasteiger partial charge in [0, 0.05) is 6.42 Å². The monoisotopic (exact) mass is 255 g/mol. The topological polar surface area (TPSA) is 83.9 Å². The predicted molar refractivity (Wildman–Crippen MR) is 61.0 cm³/mol. The zero-order valence-electron chi connectivity index (χ0n) is 10.7. The fourth-order valence-electron chi connectivity index (χ4n) is 2.70. The Morgan fingerprint density at radius 2 is 2.00 bits per heavy atom. The van der Waals surface area contributed by atoms with Crippen molar-refractivity contribution in [3.63, 3.8) is 0 Å². The molecule has 2 rings (SSSR count). The first-order valence-electron chi connectivity index (χ1n) is 5.97. The molecule has 1 heterocycles. The number of carbonyl (C=O) groups excluding carboxylic acids is 2. The van der Waals surface area contributed by atoms with Gasteiger partial charge in [-0.1, -0.05) is 0 Å². The second-order valence-corrected chi connectivity index (χ2v) is 5.85. The van der Waals surface area contributed by atoms with Crippen molar-refractivity contribution in [2.24, 2.45) is 5.92 Å². The highest BCUT2D eigenvalue weighted by molar-refractivity contribution is 5.95. The van der Waals surface area contributed by atoms with E-state index in [0.717, 1.165) is 4.90 Å².